The molecule has 0 atom stereocenters. The fourth-order valence-electron chi connectivity index (χ4n) is 2.15. The van der Waals surface area contributed by atoms with E-state index in [1.54, 1.807) is 25.2 Å². The quantitative estimate of drug-likeness (QED) is 0.885. The van der Waals surface area contributed by atoms with Gasteiger partial charge >= 0.3 is 0 Å². The number of ether oxygens (including phenoxy) is 1. The Labute approximate surface area is 114 Å². The van der Waals surface area contributed by atoms with Crippen molar-refractivity contribution in [3.63, 3.8) is 0 Å². The smallest absolute Gasteiger partial charge is 0.246 e. The summed E-state index contributed by atoms with van der Waals surface area (Å²) in [4.78, 5) is 0.201. The molecule has 0 aliphatic heterocycles. The highest BCUT2D eigenvalue weighted by Crippen LogP contribution is 2.32. The molecule has 1 aliphatic rings. The maximum atomic E-state index is 12.6. The lowest BCUT2D eigenvalue weighted by Gasteiger charge is -2.34. The molecule has 1 aromatic carbocycles. The summed E-state index contributed by atoms with van der Waals surface area (Å²) >= 11 is 0. The molecule has 0 saturated heterocycles. The number of benzene rings is 1. The van der Waals surface area contributed by atoms with Crippen LogP contribution in [0.25, 0.3) is 0 Å². The van der Waals surface area contributed by atoms with E-state index in [9.17, 15) is 8.42 Å². The second-order valence-corrected chi connectivity index (χ2v) is 6.76. The third kappa shape index (κ3) is 2.61. The Morgan fingerprint density at radius 1 is 1.42 bits per heavy atom. The minimum Gasteiger partial charge on any atom is -0.495 e. The lowest BCUT2D eigenvalue weighted by Crippen LogP contribution is -2.41. The molecule has 0 radical (unpaired) electrons. The molecule has 106 valence electrons. The van der Waals surface area contributed by atoms with Crippen molar-refractivity contribution in [3.8, 4) is 5.75 Å². The van der Waals surface area contributed by atoms with Crippen LogP contribution in [0.5, 0.6) is 5.75 Å². The first-order valence-corrected chi connectivity index (χ1v) is 7.79. The number of nitrogens with zero attached hydrogens (tertiary/aromatic N) is 1. The van der Waals surface area contributed by atoms with E-state index in [0.717, 1.165) is 24.8 Å². The number of nitrogens with two attached hydrogens (primary N) is 1. The minimum absolute atomic E-state index is 0.108. The zero-order valence-corrected chi connectivity index (χ0v) is 12.1. The fourth-order valence-corrected chi connectivity index (χ4v) is 3.77. The van der Waals surface area contributed by atoms with Crippen molar-refractivity contribution in [1.29, 1.82) is 0 Å². The van der Waals surface area contributed by atoms with Gasteiger partial charge in [-0.15, -0.1) is 0 Å². The molecule has 1 aromatic rings. The molecule has 0 spiro atoms. The molecule has 0 aromatic heterocycles. The summed E-state index contributed by atoms with van der Waals surface area (Å²) in [6.07, 6.45) is 2.94. The highest BCUT2D eigenvalue weighted by atomic mass is 32.2. The lowest BCUT2D eigenvalue weighted by molar-refractivity contribution is 0.249. The summed E-state index contributed by atoms with van der Waals surface area (Å²) < 4.78 is 31.9. The van der Waals surface area contributed by atoms with Crippen molar-refractivity contribution in [2.45, 2.75) is 36.7 Å². The standard InChI is InChI=1S/C13H20N2O3S/c1-15(11-4-3-5-11)19(16,17)13-8-10(9-14)6-7-12(13)18-2/h6-8,11H,3-5,9,14H2,1-2H3. The Balaban J connectivity index is 2.43. The highest BCUT2D eigenvalue weighted by Gasteiger charge is 2.33. The van der Waals surface area contributed by atoms with Crippen molar-refractivity contribution in [3.05, 3.63) is 23.8 Å². The van der Waals surface area contributed by atoms with Crippen LogP contribution in [-0.4, -0.2) is 32.9 Å². The van der Waals surface area contributed by atoms with E-state index in [0.29, 0.717) is 12.3 Å². The van der Waals surface area contributed by atoms with Crippen LogP contribution in [0.15, 0.2) is 23.1 Å². The maximum Gasteiger partial charge on any atom is 0.246 e. The van der Waals surface area contributed by atoms with Crippen molar-refractivity contribution in [2.75, 3.05) is 14.2 Å². The molecule has 19 heavy (non-hydrogen) atoms. The molecule has 1 saturated carbocycles. The van der Waals surface area contributed by atoms with E-state index in [2.05, 4.69) is 0 Å². The SMILES string of the molecule is COc1ccc(CN)cc1S(=O)(=O)N(C)C1CCC1. The van der Waals surface area contributed by atoms with Gasteiger partial charge in [0.1, 0.15) is 10.6 Å². The van der Waals surface area contributed by atoms with Crippen LogP contribution in [0, 0.1) is 0 Å². The van der Waals surface area contributed by atoms with Gasteiger partial charge in [-0.25, -0.2) is 8.42 Å². The van der Waals surface area contributed by atoms with Crippen LogP contribution < -0.4 is 10.5 Å². The molecule has 0 heterocycles. The van der Waals surface area contributed by atoms with Crippen LogP contribution in [0.4, 0.5) is 0 Å². The van der Waals surface area contributed by atoms with E-state index in [1.165, 1.54) is 11.4 Å². The largest absolute Gasteiger partial charge is 0.495 e. The average Bonchev–Trinajstić information content (AvgIpc) is 2.35. The molecule has 2 rings (SSSR count). The molecular weight excluding hydrogens is 264 g/mol. The molecule has 1 fully saturated rings. The van der Waals surface area contributed by atoms with Crippen molar-refractivity contribution in [1.82, 2.24) is 4.31 Å². The van der Waals surface area contributed by atoms with Crippen LogP contribution in [0.3, 0.4) is 0 Å². The van der Waals surface area contributed by atoms with E-state index in [4.69, 9.17) is 10.5 Å². The summed E-state index contributed by atoms with van der Waals surface area (Å²) in [5, 5.41) is 0. The van der Waals surface area contributed by atoms with Crippen LogP contribution in [0.1, 0.15) is 24.8 Å². The van der Waals surface area contributed by atoms with Gasteiger partial charge in [0.25, 0.3) is 0 Å². The molecular formula is C13H20N2O3S. The van der Waals surface area contributed by atoms with Crippen LogP contribution in [-0.2, 0) is 16.6 Å². The predicted molar refractivity (Wildman–Crippen MR) is 73.5 cm³/mol. The van der Waals surface area contributed by atoms with Gasteiger partial charge in [0.15, 0.2) is 0 Å². The Bertz CT molecular complexity index is 553. The van der Waals surface area contributed by atoms with Gasteiger partial charge in [-0.05, 0) is 30.5 Å². The summed E-state index contributed by atoms with van der Waals surface area (Å²) in [5.41, 5.74) is 6.36. The molecule has 5 nitrogen and oxygen atoms in total. The van der Waals surface area contributed by atoms with Gasteiger partial charge in [0.2, 0.25) is 10.0 Å². The fraction of sp³-hybridized carbons (Fsp3) is 0.538. The summed E-state index contributed by atoms with van der Waals surface area (Å²) in [7, 11) is -0.417. The van der Waals surface area contributed by atoms with Crippen molar-refractivity contribution < 1.29 is 13.2 Å². The molecule has 0 bridgehead atoms. The average molecular weight is 284 g/mol. The Kier molecular flexibility index (Phi) is 4.13. The molecule has 6 heteroatoms. The second-order valence-electron chi connectivity index (χ2n) is 4.80. The first-order chi connectivity index (χ1) is 9.00. The molecule has 1 aliphatic carbocycles. The van der Waals surface area contributed by atoms with Crippen LogP contribution >= 0.6 is 0 Å². The van der Waals surface area contributed by atoms with Gasteiger partial charge in [-0.3, -0.25) is 0 Å². The lowest BCUT2D eigenvalue weighted by atomic mass is 9.94. The zero-order valence-electron chi connectivity index (χ0n) is 11.3. The van der Waals surface area contributed by atoms with E-state index in [1.807, 2.05) is 0 Å². The highest BCUT2D eigenvalue weighted by molar-refractivity contribution is 7.89. The van der Waals surface area contributed by atoms with Gasteiger partial charge in [-0.2, -0.15) is 4.31 Å². The summed E-state index contributed by atoms with van der Waals surface area (Å²) in [6, 6.07) is 5.14. The van der Waals surface area contributed by atoms with Gasteiger partial charge in [0.05, 0.1) is 7.11 Å². The Hall–Kier alpha value is -1.11. The van der Waals surface area contributed by atoms with E-state index < -0.39 is 10.0 Å². The number of rotatable bonds is 5. The first kappa shape index (κ1) is 14.3. The molecule has 0 unspecified atom stereocenters. The topological polar surface area (TPSA) is 72.6 Å². The number of hydrogen-bond acceptors (Lipinski definition) is 4. The third-order valence-electron chi connectivity index (χ3n) is 3.71. The molecule has 2 N–H and O–H groups in total. The van der Waals surface area contributed by atoms with Gasteiger partial charge < -0.3 is 10.5 Å². The van der Waals surface area contributed by atoms with E-state index >= 15 is 0 Å². The minimum atomic E-state index is -3.52. The summed E-state index contributed by atoms with van der Waals surface area (Å²) in [6.45, 7) is 0.305. The number of sulfonamides is 1. The summed E-state index contributed by atoms with van der Waals surface area (Å²) in [5.74, 6) is 0.364. The Morgan fingerprint density at radius 2 is 2.11 bits per heavy atom. The monoisotopic (exact) mass is 284 g/mol. The molecule has 0 amide bonds. The van der Waals surface area contributed by atoms with Gasteiger partial charge in [0, 0.05) is 19.6 Å². The van der Waals surface area contributed by atoms with Crippen LogP contribution in [0.2, 0.25) is 0 Å². The van der Waals surface area contributed by atoms with Crippen molar-refractivity contribution in [2.24, 2.45) is 5.73 Å². The number of hydrogen-bond donors (Lipinski definition) is 1. The second kappa shape index (κ2) is 5.48. The number of methoxy groups -OCH3 is 1. The first-order valence-electron chi connectivity index (χ1n) is 6.35. The van der Waals surface area contributed by atoms with E-state index in [-0.39, 0.29) is 10.9 Å². The van der Waals surface area contributed by atoms with Gasteiger partial charge in [-0.1, -0.05) is 12.5 Å². The zero-order chi connectivity index (χ0) is 14.0. The maximum absolute atomic E-state index is 12.6. The van der Waals surface area contributed by atoms with Crippen molar-refractivity contribution >= 4 is 10.0 Å². The Morgan fingerprint density at radius 3 is 2.58 bits per heavy atom. The normalized spacial score (nSPS) is 16.4. The third-order valence-corrected chi connectivity index (χ3v) is 5.64. The predicted octanol–water partition coefficient (Wildman–Crippen LogP) is 1.33.